The molecule has 0 aromatic carbocycles. The first-order valence-corrected chi connectivity index (χ1v) is 4.69. The Bertz CT molecular complexity index is 239. The summed E-state index contributed by atoms with van der Waals surface area (Å²) in [7, 11) is 0. The van der Waals surface area contributed by atoms with Crippen LogP contribution in [0.3, 0.4) is 0 Å². The van der Waals surface area contributed by atoms with Gasteiger partial charge in [-0.15, -0.1) is 0 Å². The normalized spacial score (nSPS) is 24.0. The van der Waals surface area contributed by atoms with Crippen LogP contribution in [0.1, 0.15) is 19.8 Å². The van der Waals surface area contributed by atoms with Crippen molar-refractivity contribution < 1.29 is 19.8 Å². The topological polar surface area (TPSA) is 77.8 Å². The highest BCUT2D eigenvalue weighted by Gasteiger charge is 2.33. The maximum absolute atomic E-state index is 11.3. The number of carboxylic acid groups (broad SMARTS) is 1. The fourth-order valence-electron chi connectivity index (χ4n) is 1.50. The van der Waals surface area contributed by atoms with Crippen molar-refractivity contribution in [2.75, 3.05) is 13.1 Å². The number of rotatable bonds is 4. The molecule has 2 atom stereocenters. The van der Waals surface area contributed by atoms with Crippen molar-refractivity contribution in [2.45, 2.75) is 25.9 Å². The van der Waals surface area contributed by atoms with Gasteiger partial charge < -0.3 is 15.1 Å². The molecule has 1 rings (SSSR count). The van der Waals surface area contributed by atoms with Crippen LogP contribution in [0.15, 0.2) is 0 Å². The van der Waals surface area contributed by atoms with Gasteiger partial charge in [0.2, 0.25) is 5.91 Å². The van der Waals surface area contributed by atoms with Crippen LogP contribution in [0.4, 0.5) is 0 Å². The molecule has 5 nitrogen and oxygen atoms in total. The van der Waals surface area contributed by atoms with E-state index in [1.165, 1.54) is 4.90 Å². The Kier molecular flexibility index (Phi) is 3.46. The lowest BCUT2D eigenvalue weighted by Crippen LogP contribution is -2.29. The minimum Gasteiger partial charge on any atom is -0.481 e. The number of nitrogens with zero attached hydrogens (tertiary/aromatic N) is 1. The number of amides is 1. The second kappa shape index (κ2) is 4.41. The van der Waals surface area contributed by atoms with Gasteiger partial charge in [0, 0.05) is 19.5 Å². The number of carbonyl (C=O) groups is 2. The second-order valence-electron chi connectivity index (χ2n) is 3.72. The van der Waals surface area contributed by atoms with Gasteiger partial charge >= 0.3 is 5.97 Å². The lowest BCUT2D eigenvalue weighted by atomic mass is 10.1. The molecule has 1 aliphatic heterocycles. The molecule has 0 saturated carbocycles. The van der Waals surface area contributed by atoms with Crippen LogP contribution < -0.4 is 0 Å². The molecule has 0 aromatic rings. The quantitative estimate of drug-likeness (QED) is 0.654. The standard InChI is InChI=1S/C9H15NO4/c1-6(11)2-3-10-5-7(9(13)14)4-8(10)12/h6-7,11H,2-5H2,1H3,(H,13,14). The highest BCUT2D eigenvalue weighted by atomic mass is 16.4. The van der Waals surface area contributed by atoms with Crippen molar-refractivity contribution in [1.29, 1.82) is 0 Å². The molecular weight excluding hydrogens is 186 g/mol. The molecule has 5 heteroatoms. The summed E-state index contributed by atoms with van der Waals surface area (Å²) in [4.78, 5) is 23.4. The van der Waals surface area contributed by atoms with Crippen molar-refractivity contribution in [3.63, 3.8) is 0 Å². The van der Waals surface area contributed by atoms with Crippen LogP contribution >= 0.6 is 0 Å². The summed E-state index contributed by atoms with van der Waals surface area (Å²) in [6.07, 6.45) is 0.138. The summed E-state index contributed by atoms with van der Waals surface area (Å²) >= 11 is 0. The molecule has 1 aliphatic rings. The van der Waals surface area contributed by atoms with Crippen LogP contribution in [-0.4, -0.2) is 46.2 Å². The Morgan fingerprint density at radius 1 is 1.71 bits per heavy atom. The first kappa shape index (κ1) is 11.0. The summed E-state index contributed by atoms with van der Waals surface area (Å²) in [5.74, 6) is -1.62. The Hall–Kier alpha value is -1.10. The van der Waals surface area contributed by atoms with E-state index in [9.17, 15) is 9.59 Å². The van der Waals surface area contributed by atoms with E-state index < -0.39 is 18.0 Å². The van der Waals surface area contributed by atoms with Gasteiger partial charge in [0.25, 0.3) is 0 Å². The fourth-order valence-corrected chi connectivity index (χ4v) is 1.50. The maximum Gasteiger partial charge on any atom is 0.308 e. The maximum atomic E-state index is 11.3. The summed E-state index contributed by atoms with van der Waals surface area (Å²) in [6.45, 7) is 2.37. The highest BCUT2D eigenvalue weighted by Crippen LogP contribution is 2.18. The minimum atomic E-state index is -0.919. The smallest absolute Gasteiger partial charge is 0.308 e. The third-order valence-electron chi connectivity index (χ3n) is 2.38. The van der Waals surface area contributed by atoms with Gasteiger partial charge in [-0.2, -0.15) is 0 Å². The average Bonchev–Trinajstić information content (AvgIpc) is 2.43. The van der Waals surface area contributed by atoms with E-state index in [4.69, 9.17) is 10.2 Å². The van der Waals surface area contributed by atoms with E-state index in [0.29, 0.717) is 13.0 Å². The zero-order chi connectivity index (χ0) is 10.7. The fraction of sp³-hybridized carbons (Fsp3) is 0.778. The molecule has 2 N–H and O–H groups in total. The van der Waals surface area contributed by atoms with Crippen molar-refractivity contribution in [3.05, 3.63) is 0 Å². The molecule has 1 amide bonds. The van der Waals surface area contributed by atoms with Gasteiger partial charge in [0.05, 0.1) is 12.0 Å². The molecule has 1 saturated heterocycles. The van der Waals surface area contributed by atoms with Crippen molar-refractivity contribution >= 4 is 11.9 Å². The minimum absolute atomic E-state index is 0.0924. The van der Waals surface area contributed by atoms with Gasteiger partial charge in [-0.05, 0) is 13.3 Å². The zero-order valence-electron chi connectivity index (χ0n) is 8.14. The van der Waals surface area contributed by atoms with E-state index in [0.717, 1.165) is 0 Å². The number of carbonyl (C=O) groups excluding carboxylic acids is 1. The van der Waals surface area contributed by atoms with Gasteiger partial charge in [0.1, 0.15) is 0 Å². The van der Waals surface area contributed by atoms with Crippen LogP contribution in [0.25, 0.3) is 0 Å². The molecule has 0 radical (unpaired) electrons. The van der Waals surface area contributed by atoms with E-state index in [-0.39, 0.29) is 18.9 Å². The molecule has 0 aliphatic carbocycles. The summed E-state index contributed by atoms with van der Waals surface area (Å²) in [6, 6.07) is 0. The number of hydrogen-bond acceptors (Lipinski definition) is 3. The third kappa shape index (κ3) is 2.70. The average molecular weight is 201 g/mol. The molecule has 1 fully saturated rings. The third-order valence-corrected chi connectivity index (χ3v) is 2.38. The Balaban J connectivity index is 2.41. The van der Waals surface area contributed by atoms with Crippen molar-refractivity contribution in [3.8, 4) is 0 Å². The molecule has 14 heavy (non-hydrogen) atoms. The summed E-state index contributed by atoms with van der Waals surface area (Å²) in [5, 5.41) is 17.7. The molecule has 2 unspecified atom stereocenters. The molecular formula is C9H15NO4. The first-order valence-electron chi connectivity index (χ1n) is 4.69. The molecule has 0 spiro atoms. The SMILES string of the molecule is CC(O)CCN1CC(C(=O)O)CC1=O. The Morgan fingerprint density at radius 3 is 2.79 bits per heavy atom. The largest absolute Gasteiger partial charge is 0.481 e. The molecule has 0 aromatic heterocycles. The lowest BCUT2D eigenvalue weighted by molar-refractivity contribution is -0.141. The van der Waals surface area contributed by atoms with Gasteiger partial charge in [0.15, 0.2) is 0 Å². The van der Waals surface area contributed by atoms with E-state index in [1.807, 2.05) is 0 Å². The zero-order valence-corrected chi connectivity index (χ0v) is 8.14. The van der Waals surface area contributed by atoms with E-state index in [1.54, 1.807) is 6.92 Å². The van der Waals surface area contributed by atoms with Crippen LogP contribution in [0.5, 0.6) is 0 Å². The molecule has 1 heterocycles. The van der Waals surface area contributed by atoms with E-state index in [2.05, 4.69) is 0 Å². The number of hydrogen-bond donors (Lipinski definition) is 2. The predicted octanol–water partition coefficient (Wildman–Crippen LogP) is -0.310. The molecule has 0 bridgehead atoms. The number of carboxylic acids is 1. The number of aliphatic carboxylic acids is 1. The van der Waals surface area contributed by atoms with Gasteiger partial charge in [-0.3, -0.25) is 9.59 Å². The summed E-state index contributed by atoms with van der Waals surface area (Å²) in [5.41, 5.74) is 0. The van der Waals surface area contributed by atoms with E-state index >= 15 is 0 Å². The van der Waals surface area contributed by atoms with Crippen LogP contribution in [0, 0.1) is 5.92 Å². The lowest BCUT2D eigenvalue weighted by Gasteiger charge is -2.16. The predicted molar refractivity (Wildman–Crippen MR) is 48.6 cm³/mol. The molecule has 80 valence electrons. The number of likely N-dealkylation sites (tertiary alicyclic amines) is 1. The van der Waals surface area contributed by atoms with Gasteiger partial charge in [-0.25, -0.2) is 0 Å². The summed E-state index contributed by atoms with van der Waals surface area (Å²) < 4.78 is 0. The van der Waals surface area contributed by atoms with Crippen LogP contribution in [-0.2, 0) is 9.59 Å². The van der Waals surface area contributed by atoms with Crippen molar-refractivity contribution in [1.82, 2.24) is 4.90 Å². The second-order valence-corrected chi connectivity index (χ2v) is 3.72. The first-order chi connectivity index (χ1) is 6.50. The van der Waals surface area contributed by atoms with Gasteiger partial charge in [-0.1, -0.05) is 0 Å². The monoisotopic (exact) mass is 201 g/mol. The Labute approximate surface area is 82.3 Å². The Morgan fingerprint density at radius 2 is 2.36 bits per heavy atom. The number of aliphatic hydroxyl groups excluding tert-OH is 1. The highest BCUT2D eigenvalue weighted by molar-refractivity contribution is 5.86. The van der Waals surface area contributed by atoms with Crippen molar-refractivity contribution in [2.24, 2.45) is 5.92 Å². The van der Waals surface area contributed by atoms with Crippen LogP contribution in [0.2, 0.25) is 0 Å². The number of aliphatic hydroxyl groups is 1.